The van der Waals surface area contributed by atoms with Crippen molar-refractivity contribution in [2.75, 3.05) is 18.0 Å². The highest BCUT2D eigenvalue weighted by molar-refractivity contribution is 6.04. The average molecular weight is 282 g/mol. The molecule has 0 amide bonds. The monoisotopic (exact) mass is 282 g/mol. The molecule has 1 aliphatic heterocycles. The van der Waals surface area contributed by atoms with E-state index in [9.17, 15) is 4.79 Å². The molecule has 0 atom stereocenters. The van der Waals surface area contributed by atoms with Crippen molar-refractivity contribution in [2.24, 2.45) is 5.92 Å². The van der Waals surface area contributed by atoms with E-state index in [1.165, 1.54) is 24.9 Å². The number of nitriles is 1. The van der Waals surface area contributed by atoms with Crippen LogP contribution < -0.4 is 4.90 Å². The molecule has 3 heteroatoms. The lowest BCUT2D eigenvalue weighted by Gasteiger charge is -2.28. The molecule has 1 aromatic carbocycles. The van der Waals surface area contributed by atoms with Crippen molar-refractivity contribution >= 4 is 17.5 Å². The molecule has 2 rings (SSSR count). The minimum atomic E-state index is -0.150. The number of nitrogens with zero attached hydrogens (tertiary/aromatic N) is 2. The van der Waals surface area contributed by atoms with Crippen LogP contribution in [0.25, 0.3) is 6.08 Å². The largest absolute Gasteiger partial charge is 0.372 e. The van der Waals surface area contributed by atoms with Crippen LogP contribution in [-0.2, 0) is 4.79 Å². The summed E-state index contributed by atoms with van der Waals surface area (Å²) in [5.74, 6) is -0.249. The first-order chi connectivity index (χ1) is 10.1. The highest BCUT2D eigenvalue weighted by Gasteiger charge is 2.14. The van der Waals surface area contributed by atoms with Crippen molar-refractivity contribution in [2.45, 2.75) is 33.1 Å². The van der Waals surface area contributed by atoms with Gasteiger partial charge in [0.1, 0.15) is 6.07 Å². The van der Waals surface area contributed by atoms with Gasteiger partial charge >= 0.3 is 0 Å². The molecule has 0 N–H and O–H groups in total. The Bertz CT molecular complexity index is 558. The predicted octanol–water partition coefficient (Wildman–Crippen LogP) is 3.81. The van der Waals surface area contributed by atoms with E-state index in [4.69, 9.17) is 5.26 Å². The van der Waals surface area contributed by atoms with Crippen molar-refractivity contribution < 1.29 is 4.79 Å². The lowest BCUT2D eigenvalue weighted by molar-refractivity contribution is -0.117. The number of anilines is 1. The molecular weight excluding hydrogens is 260 g/mol. The van der Waals surface area contributed by atoms with Gasteiger partial charge in [0.25, 0.3) is 0 Å². The summed E-state index contributed by atoms with van der Waals surface area (Å²) in [6.45, 7) is 5.86. The third kappa shape index (κ3) is 3.95. The molecule has 1 fully saturated rings. The van der Waals surface area contributed by atoms with Crippen LogP contribution in [0.4, 0.5) is 5.69 Å². The number of ketones is 1. The van der Waals surface area contributed by atoms with Gasteiger partial charge in [0.2, 0.25) is 0 Å². The van der Waals surface area contributed by atoms with Crippen molar-refractivity contribution in [3.63, 3.8) is 0 Å². The second kappa shape index (κ2) is 7.08. The molecule has 0 radical (unpaired) electrons. The van der Waals surface area contributed by atoms with Crippen molar-refractivity contribution in [1.82, 2.24) is 0 Å². The fourth-order valence-electron chi connectivity index (χ4n) is 2.57. The molecule has 0 aliphatic carbocycles. The van der Waals surface area contributed by atoms with Crippen molar-refractivity contribution in [3.05, 3.63) is 35.4 Å². The van der Waals surface area contributed by atoms with E-state index >= 15 is 0 Å². The van der Waals surface area contributed by atoms with Gasteiger partial charge in [0.05, 0.1) is 5.57 Å². The second-order valence-corrected chi connectivity index (χ2v) is 5.83. The molecule has 1 aromatic rings. The molecular formula is C18H22N2O. The summed E-state index contributed by atoms with van der Waals surface area (Å²) >= 11 is 0. The summed E-state index contributed by atoms with van der Waals surface area (Å²) in [5, 5.41) is 9.12. The molecule has 0 spiro atoms. The van der Waals surface area contributed by atoms with Gasteiger partial charge in [-0.1, -0.05) is 26.0 Å². The zero-order valence-corrected chi connectivity index (χ0v) is 12.8. The molecule has 1 heterocycles. The van der Waals surface area contributed by atoms with Gasteiger partial charge in [0.15, 0.2) is 5.78 Å². The number of hydrogen-bond donors (Lipinski definition) is 0. The highest BCUT2D eigenvalue weighted by Crippen LogP contribution is 2.21. The molecule has 0 saturated carbocycles. The molecule has 0 bridgehead atoms. The number of carbonyl (C=O) groups is 1. The Labute approximate surface area is 126 Å². The maximum Gasteiger partial charge on any atom is 0.175 e. The number of allylic oxidation sites excluding steroid dienone is 1. The van der Waals surface area contributed by atoms with Crippen molar-refractivity contribution in [1.29, 1.82) is 5.26 Å². The maximum atomic E-state index is 11.9. The van der Waals surface area contributed by atoms with Crippen molar-refractivity contribution in [3.8, 4) is 6.07 Å². The van der Waals surface area contributed by atoms with Crippen LogP contribution in [0.3, 0.4) is 0 Å². The van der Waals surface area contributed by atoms with E-state index in [0.29, 0.717) is 0 Å². The summed E-state index contributed by atoms with van der Waals surface area (Å²) in [4.78, 5) is 14.3. The predicted molar refractivity (Wildman–Crippen MR) is 85.9 cm³/mol. The van der Waals surface area contributed by atoms with E-state index < -0.39 is 0 Å². The number of rotatable bonds is 4. The molecule has 0 aromatic heterocycles. The average Bonchev–Trinajstić information content (AvgIpc) is 2.53. The Hall–Kier alpha value is -2.08. The fourth-order valence-corrected chi connectivity index (χ4v) is 2.57. The summed E-state index contributed by atoms with van der Waals surface area (Å²) in [6.07, 6.45) is 5.51. The smallest absolute Gasteiger partial charge is 0.175 e. The molecule has 0 unspecified atom stereocenters. The quantitative estimate of drug-likeness (QED) is 0.623. The summed E-state index contributed by atoms with van der Waals surface area (Å²) < 4.78 is 0. The topological polar surface area (TPSA) is 44.1 Å². The molecule has 21 heavy (non-hydrogen) atoms. The van der Waals surface area contributed by atoms with Crippen LogP contribution in [-0.4, -0.2) is 18.9 Å². The van der Waals surface area contributed by atoms with E-state index in [1.54, 1.807) is 6.08 Å². The van der Waals surface area contributed by atoms with Gasteiger partial charge in [-0.3, -0.25) is 4.79 Å². The van der Waals surface area contributed by atoms with Gasteiger partial charge < -0.3 is 4.90 Å². The van der Waals surface area contributed by atoms with Gasteiger partial charge in [0, 0.05) is 24.7 Å². The molecule has 1 aliphatic rings. The maximum absolute atomic E-state index is 11.9. The first kappa shape index (κ1) is 15.3. The Morgan fingerprint density at radius 1 is 1.19 bits per heavy atom. The van der Waals surface area contributed by atoms with Gasteiger partial charge in [-0.25, -0.2) is 0 Å². The number of benzene rings is 1. The van der Waals surface area contributed by atoms with Crippen LogP contribution >= 0.6 is 0 Å². The Morgan fingerprint density at radius 2 is 1.81 bits per heavy atom. The summed E-state index contributed by atoms with van der Waals surface area (Å²) in [7, 11) is 0. The number of Topliss-reactive ketones (excluding diaryl/α,β-unsaturated/α-hetero) is 1. The van der Waals surface area contributed by atoms with Gasteiger partial charge in [-0.15, -0.1) is 0 Å². The minimum absolute atomic E-state index is 0.0994. The SMILES string of the molecule is CC(C)C(=O)C(C#N)=Cc1ccc(N2CCCCC2)cc1. The normalized spacial score (nSPS) is 15.9. The Balaban J connectivity index is 2.14. The minimum Gasteiger partial charge on any atom is -0.372 e. The number of carbonyl (C=O) groups excluding carboxylic acids is 1. The first-order valence-corrected chi connectivity index (χ1v) is 7.63. The van der Waals surface area contributed by atoms with Crippen LogP contribution in [0.5, 0.6) is 0 Å². The lowest BCUT2D eigenvalue weighted by atomic mass is 10.00. The number of hydrogen-bond acceptors (Lipinski definition) is 3. The van der Waals surface area contributed by atoms with E-state index in [-0.39, 0.29) is 17.3 Å². The highest BCUT2D eigenvalue weighted by atomic mass is 16.1. The standard InChI is InChI=1S/C18H22N2O/c1-14(2)18(21)16(13-19)12-15-6-8-17(9-7-15)20-10-4-3-5-11-20/h6-9,12,14H,3-5,10-11H2,1-2H3. The Morgan fingerprint density at radius 3 is 2.33 bits per heavy atom. The number of piperidine rings is 1. The lowest BCUT2D eigenvalue weighted by Crippen LogP contribution is -2.29. The molecule has 1 saturated heterocycles. The third-order valence-corrected chi connectivity index (χ3v) is 3.84. The van der Waals surface area contributed by atoms with Crippen LogP contribution in [0, 0.1) is 17.2 Å². The van der Waals surface area contributed by atoms with Gasteiger partial charge in [-0.05, 0) is 43.0 Å². The molecule has 110 valence electrons. The zero-order chi connectivity index (χ0) is 15.2. The molecule has 3 nitrogen and oxygen atoms in total. The van der Waals surface area contributed by atoms with Crippen LogP contribution in [0.15, 0.2) is 29.8 Å². The van der Waals surface area contributed by atoms with Crippen LogP contribution in [0.2, 0.25) is 0 Å². The van der Waals surface area contributed by atoms with E-state index in [1.807, 2.05) is 32.0 Å². The third-order valence-electron chi connectivity index (χ3n) is 3.84. The second-order valence-electron chi connectivity index (χ2n) is 5.83. The fraction of sp³-hybridized carbons (Fsp3) is 0.444. The summed E-state index contributed by atoms with van der Waals surface area (Å²) in [5.41, 5.74) is 2.36. The first-order valence-electron chi connectivity index (χ1n) is 7.63. The Kier molecular flexibility index (Phi) is 5.16. The van der Waals surface area contributed by atoms with Gasteiger partial charge in [-0.2, -0.15) is 5.26 Å². The van der Waals surface area contributed by atoms with Crippen LogP contribution in [0.1, 0.15) is 38.7 Å². The summed E-state index contributed by atoms with van der Waals surface area (Å²) in [6, 6.07) is 10.1. The van der Waals surface area contributed by atoms with E-state index in [2.05, 4.69) is 17.0 Å². The zero-order valence-electron chi connectivity index (χ0n) is 12.8. The van der Waals surface area contributed by atoms with E-state index in [0.717, 1.165) is 18.7 Å².